The van der Waals surface area contributed by atoms with Crippen LogP contribution in [0.2, 0.25) is 0 Å². The number of nitrogens with zero attached hydrogens (tertiary/aromatic N) is 1. The molecule has 2 heterocycles. The van der Waals surface area contributed by atoms with Crippen LogP contribution in [-0.2, 0) is 20.8 Å². The lowest BCUT2D eigenvalue weighted by Gasteiger charge is -2.36. The van der Waals surface area contributed by atoms with Crippen molar-refractivity contribution in [1.82, 2.24) is 20.9 Å². The molecule has 0 saturated carbocycles. The fourth-order valence-corrected chi connectivity index (χ4v) is 7.01. The first-order chi connectivity index (χ1) is 15.7. The predicted octanol–water partition coefficient (Wildman–Crippen LogP) is 2.78. The van der Waals surface area contributed by atoms with E-state index >= 15 is 0 Å². The van der Waals surface area contributed by atoms with Gasteiger partial charge in [-0.15, -0.1) is 24.2 Å². The van der Waals surface area contributed by atoms with Crippen LogP contribution in [0.5, 0.6) is 0 Å². The van der Waals surface area contributed by atoms with E-state index in [2.05, 4.69) is 41.9 Å². The topological polar surface area (TPSA) is 90.5 Å². The van der Waals surface area contributed by atoms with Crippen LogP contribution < -0.4 is 16.0 Å². The normalized spacial score (nSPS) is 28.6. The van der Waals surface area contributed by atoms with Gasteiger partial charge in [-0.3, -0.25) is 14.4 Å². The van der Waals surface area contributed by atoms with Crippen LogP contribution in [0.4, 0.5) is 0 Å². The molecule has 188 valence electrons. The van der Waals surface area contributed by atoms with Crippen LogP contribution in [0.25, 0.3) is 0 Å². The summed E-state index contributed by atoms with van der Waals surface area (Å²) in [6.45, 7) is 5.92. The van der Waals surface area contributed by atoms with E-state index in [9.17, 15) is 14.4 Å². The Kier molecular flexibility index (Phi) is 8.58. The van der Waals surface area contributed by atoms with E-state index in [-0.39, 0.29) is 53.0 Å². The second-order valence-electron chi connectivity index (χ2n) is 10.2. The zero-order chi connectivity index (χ0) is 23.8. The fourth-order valence-electron chi connectivity index (χ4n) is 5.43. The Bertz CT molecular complexity index is 927. The fraction of sp³-hybridized carbons (Fsp3) is 0.640. The monoisotopic (exact) mass is 508 g/mol. The Morgan fingerprint density at radius 1 is 1.15 bits per heavy atom. The van der Waals surface area contributed by atoms with Crippen molar-refractivity contribution in [2.75, 3.05) is 12.8 Å². The Balaban J connectivity index is 0.00000324. The molecule has 0 aromatic heterocycles. The molecule has 2 aliphatic heterocycles. The lowest BCUT2D eigenvalue weighted by atomic mass is 9.83. The number of hydrogen-bond donors (Lipinski definition) is 3. The maximum absolute atomic E-state index is 13.7. The van der Waals surface area contributed by atoms with Crippen LogP contribution in [-0.4, -0.2) is 58.9 Å². The molecular formula is C25H37ClN4O3S. The first kappa shape index (κ1) is 26.8. The number of halogens is 1. The summed E-state index contributed by atoms with van der Waals surface area (Å²) in [6, 6.07) is 6.73. The quantitative estimate of drug-likeness (QED) is 0.569. The van der Waals surface area contributed by atoms with Gasteiger partial charge in [0, 0.05) is 0 Å². The number of fused-ring (bicyclic) bond motifs is 2. The van der Waals surface area contributed by atoms with Gasteiger partial charge in [0.2, 0.25) is 17.7 Å². The van der Waals surface area contributed by atoms with E-state index in [1.807, 2.05) is 12.1 Å². The number of nitrogens with one attached hydrogen (secondary N) is 3. The molecule has 2 fully saturated rings. The van der Waals surface area contributed by atoms with E-state index in [1.165, 1.54) is 11.1 Å². The van der Waals surface area contributed by atoms with Gasteiger partial charge in [0.05, 0.1) is 17.5 Å². The zero-order valence-corrected chi connectivity index (χ0v) is 22.1. The number of carbonyl (C=O) groups is 3. The molecule has 9 heteroatoms. The van der Waals surface area contributed by atoms with Gasteiger partial charge >= 0.3 is 0 Å². The molecule has 3 N–H and O–H groups in total. The highest BCUT2D eigenvalue weighted by molar-refractivity contribution is 7.99. The van der Waals surface area contributed by atoms with Crippen molar-refractivity contribution in [3.05, 3.63) is 35.4 Å². The molecular weight excluding hydrogens is 472 g/mol. The van der Waals surface area contributed by atoms with E-state index in [4.69, 9.17) is 0 Å². The third kappa shape index (κ3) is 5.24. The molecule has 3 aliphatic rings. The van der Waals surface area contributed by atoms with Crippen LogP contribution in [0.3, 0.4) is 0 Å². The Morgan fingerprint density at radius 3 is 2.62 bits per heavy atom. The summed E-state index contributed by atoms with van der Waals surface area (Å²) in [5.41, 5.74) is 2.13. The molecule has 2 unspecified atom stereocenters. The summed E-state index contributed by atoms with van der Waals surface area (Å²) >= 11 is 1.72. The van der Waals surface area contributed by atoms with Crippen LogP contribution in [0, 0.1) is 5.41 Å². The lowest BCUT2D eigenvalue weighted by Crippen LogP contribution is -2.58. The number of carbonyl (C=O) groups excluding carboxylic acids is 3. The molecule has 1 aliphatic carbocycles. The number of benzene rings is 1. The number of likely N-dealkylation sites (N-methyl/N-ethyl adjacent to an activating group) is 1. The molecule has 7 nitrogen and oxygen atoms in total. The molecule has 1 aromatic rings. The minimum Gasteiger partial charge on any atom is -0.347 e. The number of amides is 3. The maximum Gasteiger partial charge on any atom is 0.246 e. The number of thioether (sulfide) groups is 1. The third-order valence-corrected chi connectivity index (χ3v) is 8.63. The first-order valence-electron chi connectivity index (χ1n) is 12.0. The molecule has 2 saturated heterocycles. The summed E-state index contributed by atoms with van der Waals surface area (Å²) < 4.78 is 0. The van der Waals surface area contributed by atoms with E-state index in [0.717, 1.165) is 31.4 Å². The van der Waals surface area contributed by atoms with Gasteiger partial charge in [-0.1, -0.05) is 38.1 Å². The van der Waals surface area contributed by atoms with E-state index in [1.54, 1.807) is 30.6 Å². The summed E-state index contributed by atoms with van der Waals surface area (Å²) in [5, 5.41) is 9.07. The largest absolute Gasteiger partial charge is 0.347 e. The summed E-state index contributed by atoms with van der Waals surface area (Å²) in [6.07, 6.45) is 4.31. The average molecular weight is 509 g/mol. The van der Waals surface area contributed by atoms with Crippen molar-refractivity contribution in [2.45, 2.75) is 82.4 Å². The minimum atomic E-state index is -0.606. The highest BCUT2D eigenvalue weighted by atomic mass is 35.5. The second kappa shape index (κ2) is 10.9. The molecule has 4 rings (SSSR count). The average Bonchev–Trinajstić information content (AvgIpc) is 2.99. The zero-order valence-electron chi connectivity index (χ0n) is 20.4. The molecule has 0 spiro atoms. The van der Waals surface area contributed by atoms with Gasteiger partial charge in [0.15, 0.2) is 0 Å². The van der Waals surface area contributed by atoms with Crippen molar-refractivity contribution < 1.29 is 14.4 Å². The molecule has 5 atom stereocenters. The van der Waals surface area contributed by atoms with Gasteiger partial charge in [-0.25, -0.2) is 0 Å². The molecule has 34 heavy (non-hydrogen) atoms. The van der Waals surface area contributed by atoms with Crippen molar-refractivity contribution in [2.24, 2.45) is 5.41 Å². The maximum atomic E-state index is 13.7. The van der Waals surface area contributed by atoms with Crippen LogP contribution in [0.15, 0.2) is 24.3 Å². The van der Waals surface area contributed by atoms with Gasteiger partial charge < -0.3 is 20.9 Å². The Morgan fingerprint density at radius 2 is 1.88 bits per heavy atom. The minimum absolute atomic E-state index is 0. The first-order valence-corrected chi connectivity index (χ1v) is 13.1. The van der Waals surface area contributed by atoms with Crippen molar-refractivity contribution >= 4 is 41.9 Å². The van der Waals surface area contributed by atoms with Gasteiger partial charge in [0.25, 0.3) is 0 Å². The Labute approximate surface area is 213 Å². The van der Waals surface area contributed by atoms with Crippen molar-refractivity contribution in [3.8, 4) is 0 Å². The highest BCUT2D eigenvalue weighted by Gasteiger charge is 2.54. The third-order valence-electron chi connectivity index (χ3n) is 7.38. The molecule has 3 amide bonds. The standard InChI is InChI=1S/C25H36N4O3S.ClH/c1-15(26-4)22(30)28-19-12-13-33-20-14-25(2,3)21(29(20)24(19)32)23(31)27-18-11-7-9-16-8-5-6-10-17(16)18;/h5-6,8,10,15,18-21,26H,7,9,11-14H2,1-4H3,(H,27,31)(H,28,30);1H/t15?,18-,19+,20+,21?;/m1./s1. The number of rotatable bonds is 5. The molecule has 0 bridgehead atoms. The number of hydrogen-bond acceptors (Lipinski definition) is 5. The smallest absolute Gasteiger partial charge is 0.246 e. The van der Waals surface area contributed by atoms with Crippen molar-refractivity contribution in [1.29, 1.82) is 0 Å². The predicted molar refractivity (Wildman–Crippen MR) is 138 cm³/mol. The van der Waals surface area contributed by atoms with E-state index < -0.39 is 12.1 Å². The second-order valence-corrected chi connectivity index (χ2v) is 11.5. The lowest BCUT2D eigenvalue weighted by molar-refractivity contribution is -0.144. The van der Waals surface area contributed by atoms with Gasteiger partial charge in [-0.05, 0) is 68.4 Å². The highest BCUT2D eigenvalue weighted by Crippen LogP contribution is 2.46. The Hall–Kier alpha value is -1.77. The van der Waals surface area contributed by atoms with Crippen molar-refractivity contribution in [3.63, 3.8) is 0 Å². The van der Waals surface area contributed by atoms with Gasteiger partial charge in [-0.2, -0.15) is 0 Å². The van der Waals surface area contributed by atoms with Crippen LogP contribution >= 0.6 is 24.2 Å². The van der Waals surface area contributed by atoms with E-state index in [0.29, 0.717) is 6.42 Å². The summed E-state index contributed by atoms with van der Waals surface area (Å²) in [7, 11) is 1.72. The molecule has 0 radical (unpaired) electrons. The SMILES string of the molecule is CNC(C)C(=O)N[C@H]1CCS[C@H]2CC(C)(C)C(C(=O)N[C@@H]3CCCc4ccccc43)N2C1=O.Cl. The molecule has 1 aromatic carbocycles. The van der Waals surface area contributed by atoms with Gasteiger partial charge in [0.1, 0.15) is 12.1 Å². The number of aryl methyl sites for hydroxylation is 1. The summed E-state index contributed by atoms with van der Waals surface area (Å²) in [5.74, 6) is 0.342. The van der Waals surface area contributed by atoms with Crippen LogP contribution in [0.1, 0.15) is 63.6 Å². The summed E-state index contributed by atoms with van der Waals surface area (Å²) in [4.78, 5) is 41.6.